The fourth-order valence-corrected chi connectivity index (χ4v) is 1.47. The summed E-state index contributed by atoms with van der Waals surface area (Å²) in [5.41, 5.74) is 5.30. The van der Waals surface area contributed by atoms with Crippen LogP contribution in [0, 0.1) is 0 Å². The largest absolute Gasteiger partial charge is 0.394 e. The van der Waals surface area contributed by atoms with Crippen LogP contribution < -0.4 is 5.73 Å². The van der Waals surface area contributed by atoms with Crippen molar-refractivity contribution in [2.24, 2.45) is 5.73 Å². The van der Waals surface area contributed by atoms with Gasteiger partial charge >= 0.3 is 0 Å². The van der Waals surface area contributed by atoms with Crippen molar-refractivity contribution >= 4 is 0 Å². The fraction of sp³-hybridized carbons (Fsp3) is 1.00. The van der Waals surface area contributed by atoms with Crippen molar-refractivity contribution in [1.82, 2.24) is 4.90 Å². The standard InChI is InChI=1S/C9H20N2O3/c10-1-4-13-5-2-11-3-6-14-9(7-11)8-12/h9,12H,1-8,10H2. The molecule has 0 aromatic heterocycles. The number of aliphatic hydroxyl groups is 1. The summed E-state index contributed by atoms with van der Waals surface area (Å²) < 4.78 is 10.6. The molecule has 0 amide bonds. The van der Waals surface area contributed by atoms with Crippen LogP contribution in [-0.2, 0) is 9.47 Å². The van der Waals surface area contributed by atoms with Crippen LogP contribution >= 0.6 is 0 Å². The van der Waals surface area contributed by atoms with E-state index in [-0.39, 0.29) is 12.7 Å². The zero-order valence-electron chi connectivity index (χ0n) is 8.52. The highest BCUT2D eigenvalue weighted by Crippen LogP contribution is 2.03. The van der Waals surface area contributed by atoms with E-state index < -0.39 is 0 Å². The first-order valence-corrected chi connectivity index (χ1v) is 5.09. The first kappa shape index (κ1) is 11.9. The zero-order chi connectivity index (χ0) is 10.2. The van der Waals surface area contributed by atoms with Gasteiger partial charge in [-0.05, 0) is 0 Å². The van der Waals surface area contributed by atoms with Gasteiger partial charge in [0.25, 0.3) is 0 Å². The van der Waals surface area contributed by atoms with E-state index in [1.807, 2.05) is 0 Å². The Hall–Kier alpha value is -0.200. The number of morpholine rings is 1. The van der Waals surface area contributed by atoms with Gasteiger partial charge in [-0.3, -0.25) is 4.90 Å². The van der Waals surface area contributed by atoms with Crippen molar-refractivity contribution in [3.8, 4) is 0 Å². The van der Waals surface area contributed by atoms with Crippen LogP contribution in [0.4, 0.5) is 0 Å². The maximum Gasteiger partial charge on any atom is 0.0932 e. The van der Waals surface area contributed by atoms with Crippen LogP contribution in [0.2, 0.25) is 0 Å². The van der Waals surface area contributed by atoms with E-state index in [4.69, 9.17) is 20.3 Å². The lowest BCUT2D eigenvalue weighted by molar-refractivity contribution is -0.0579. The summed E-state index contributed by atoms with van der Waals surface area (Å²) in [6.45, 7) is 5.29. The van der Waals surface area contributed by atoms with Gasteiger partial charge in [-0.25, -0.2) is 0 Å². The van der Waals surface area contributed by atoms with Gasteiger partial charge in [0.15, 0.2) is 0 Å². The van der Waals surface area contributed by atoms with Crippen LogP contribution in [0.15, 0.2) is 0 Å². The summed E-state index contributed by atoms with van der Waals surface area (Å²) in [7, 11) is 0. The minimum atomic E-state index is -0.0294. The van der Waals surface area contributed by atoms with Gasteiger partial charge in [-0.1, -0.05) is 0 Å². The molecule has 1 atom stereocenters. The van der Waals surface area contributed by atoms with Gasteiger partial charge < -0.3 is 20.3 Å². The van der Waals surface area contributed by atoms with Gasteiger partial charge in [-0.2, -0.15) is 0 Å². The van der Waals surface area contributed by atoms with Crippen LogP contribution in [0.1, 0.15) is 0 Å². The number of rotatable bonds is 6. The molecule has 1 unspecified atom stereocenters. The van der Waals surface area contributed by atoms with Gasteiger partial charge in [0, 0.05) is 26.2 Å². The number of hydrogen-bond acceptors (Lipinski definition) is 5. The summed E-state index contributed by atoms with van der Waals surface area (Å²) in [5.74, 6) is 0. The molecule has 1 saturated heterocycles. The monoisotopic (exact) mass is 204 g/mol. The molecule has 0 aromatic rings. The minimum Gasteiger partial charge on any atom is -0.394 e. The van der Waals surface area contributed by atoms with Gasteiger partial charge in [0.2, 0.25) is 0 Å². The van der Waals surface area contributed by atoms with Crippen molar-refractivity contribution in [2.75, 3.05) is 52.6 Å². The SMILES string of the molecule is NCCOCCN1CCOC(CO)C1. The van der Waals surface area contributed by atoms with Crippen LogP contribution in [0.5, 0.6) is 0 Å². The molecule has 0 spiro atoms. The first-order chi connectivity index (χ1) is 6.86. The second-order valence-electron chi connectivity index (χ2n) is 3.38. The first-order valence-electron chi connectivity index (χ1n) is 5.09. The Balaban J connectivity index is 2.05. The number of nitrogens with zero attached hydrogens (tertiary/aromatic N) is 1. The Bertz CT molecular complexity index is 146. The van der Waals surface area contributed by atoms with Gasteiger partial charge in [-0.15, -0.1) is 0 Å². The highest BCUT2D eigenvalue weighted by Gasteiger charge is 2.18. The van der Waals surface area contributed by atoms with E-state index >= 15 is 0 Å². The molecule has 14 heavy (non-hydrogen) atoms. The minimum absolute atomic E-state index is 0.0294. The van der Waals surface area contributed by atoms with Crippen LogP contribution in [0.25, 0.3) is 0 Å². The maximum absolute atomic E-state index is 8.92. The van der Waals surface area contributed by atoms with Crippen molar-refractivity contribution in [3.05, 3.63) is 0 Å². The van der Waals surface area contributed by atoms with E-state index in [0.717, 1.165) is 19.6 Å². The summed E-state index contributed by atoms with van der Waals surface area (Å²) in [5, 5.41) is 8.92. The van der Waals surface area contributed by atoms with Crippen molar-refractivity contribution in [2.45, 2.75) is 6.10 Å². The Kier molecular flexibility index (Phi) is 6.05. The quantitative estimate of drug-likeness (QED) is 0.524. The predicted octanol–water partition coefficient (Wildman–Crippen LogP) is -1.35. The topological polar surface area (TPSA) is 68.0 Å². The average molecular weight is 204 g/mol. The molecule has 1 rings (SSSR count). The lowest BCUT2D eigenvalue weighted by Crippen LogP contribution is -2.45. The summed E-state index contributed by atoms with van der Waals surface area (Å²) in [6, 6.07) is 0. The molecule has 1 aliphatic rings. The van der Waals surface area contributed by atoms with E-state index in [9.17, 15) is 0 Å². The van der Waals surface area contributed by atoms with Crippen molar-refractivity contribution < 1.29 is 14.6 Å². The van der Waals surface area contributed by atoms with Crippen LogP contribution in [0.3, 0.4) is 0 Å². The highest BCUT2D eigenvalue weighted by atomic mass is 16.5. The molecule has 0 radical (unpaired) electrons. The third-order valence-electron chi connectivity index (χ3n) is 2.24. The Morgan fingerprint density at radius 2 is 2.36 bits per heavy atom. The molecular weight excluding hydrogens is 184 g/mol. The molecular formula is C9H20N2O3. The van der Waals surface area contributed by atoms with E-state index in [1.165, 1.54) is 0 Å². The summed E-state index contributed by atoms with van der Waals surface area (Å²) in [4.78, 5) is 2.24. The molecule has 1 heterocycles. The predicted molar refractivity (Wildman–Crippen MR) is 53.1 cm³/mol. The molecule has 5 nitrogen and oxygen atoms in total. The average Bonchev–Trinajstić information content (AvgIpc) is 2.25. The molecule has 0 bridgehead atoms. The second-order valence-corrected chi connectivity index (χ2v) is 3.38. The maximum atomic E-state index is 8.92. The molecule has 0 saturated carbocycles. The molecule has 3 N–H and O–H groups in total. The smallest absolute Gasteiger partial charge is 0.0932 e. The molecule has 1 fully saturated rings. The van der Waals surface area contributed by atoms with Crippen molar-refractivity contribution in [1.29, 1.82) is 0 Å². The Morgan fingerprint density at radius 3 is 3.07 bits per heavy atom. The Morgan fingerprint density at radius 1 is 1.50 bits per heavy atom. The molecule has 1 aliphatic heterocycles. The zero-order valence-corrected chi connectivity index (χ0v) is 8.52. The van der Waals surface area contributed by atoms with Gasteiger partial charge in [0.05, 0.1) is 32.5 Å². The number of nitrogens with two attached hydrogens (primary N) is 1. The third-order valence-corrected chi connectivity index (χ3v) is 2.24. The highest BCUT2D eigenvalue weighted by molar-refractivity contribution is 4.70. The third kappa shape index (κ3) is 4.34. The molecule has 84 valence electrons. The summed E-state index contributed by atoms with van der Waals surface area (Å²) >= 11 is 0. The molecule has 0 aliphatic carbocycles. The lowest BCUT2D eigenvalue weighted by Gasteiger charge is -2.31. The number of ether oxygens (including phenoxy) is 2. The Labute approximate surface area is 84.8 Å². The normalized spacial score (nSPS) is 24.0. The van der Waals surface area contributed by atoms with Gasteiger partial charge in [0.1, 0.15) is 0 Å². The number of aliphatic hydroxyl groups excluding tert-OH is 1. The second kappa shape index (κ2) is 7.14. The lowest BCUT2D eigenvalue weighted by atomic mass is 10.3. The fourth-order valence-electron chi connectivity index (χ4n) is 1.47. The van der Waals surface area contributed by atoms with E-state index in [1.54, 1.807) is 0 Å². The number of hydrogen-bond donors (Lipinski definition) is 2. The van der Waals surface area contributed by atoms with E-state index in [2.05, 4.69) is 4.90 Å². The molecule has 5 heteroatoms. The van der Waals surface area contributed by atoms with Crippen LogP contribution in [-0.4, -0.2) is 68.7 Å². The summed E-state index contributed by atoms with van der Waals surface area (Å²) in [6.07, 6.45) is -0.0294. The molecule has 0 aromatic carbocycles. The van der Waals surface area contributed by atoms with E-state index in [0.29, 0.717) is 26.4 Å². The van der Waals surface area contributed by atoms with Crippen molar-refractivity contribution in [3.63, 3.8) is 0 Å².